The van der Waals surface area contributed by atoms with Crippen LogP contribution in [-0.4, -0.2) is 14.3 Å². The summed E-state index contributed by atoms with van der Waals surface area (Å²) in [5.41, 5.74) is 1.73. The predicted molar refractivity (Wildman–Crippen MR) is 76.7 cm³/mol. The summed E-state index contributed by atoms with van der Waals surface area (Å²) in [4.78, 5) is 11.9. The Labute approximate surface area is 118 Å². The van der Waals surface area contributed by atoms with Crippen molar-refractivity contribution in [3.63, 3.8) is 0 Å². The maximum absolute atomic E-state index is 12.0. The number of carbonyl (C=O) groups excluding carboxylic acids is 1. The van der Waals surface area contributed by atoms with Gasteiger partial charge in [0.25, 0.3) is 10.0 Å². The van der Waals surface area contributed by atoms with Crippen molar-refractivity contribution in [2.75, 3.05) is 0 Å². The number of nitrogens with one attached hydrogen (secondary N) is 1. The monoisotopic (exact) mass is 289 g/mol. The average molecular weight is 289 g/mol. The number of sulfonamides is 1. The van der Waals surface area contributed by atoms with Crippen LogP contribution in [0.5, 0.6) is 0 Å². The SMILES string of the molecule is Cc1ccc(S(=O)(=O)NC(=O)Cc2ccccc2)cc1. The lowest BCUT2D eigenvalue weighted by Crippen LogP contribution is -2.31. The molecule has 1 amide bonds. The van der Waals surface area contributed by atoms with E-state index in [0.29, 0.717) is 0 Å². The number of aryl methyl sites for hydroxylation is 1. The molecule has 2 aromatic carbocycles. The van der Waals surface area contributed by atoms with Crippen LogP contribution in [-0.2, 0) is 21.2 Å². The van der Waals surface area contributed by atoms with E-state index in [0.717, 1.165) is 11.1 Å². The Bertz CT molecular complexity index is 692. The molecule has 0 saturated heterocycles. The number of rotatable bonds is 4. The fourth-order valence-electron chi connectivity index (χ4n) is 1.74. The van der Waals surface area contributed by atoms with Crippen molar-refractivity contribution in [1.82, 2.24) is 4.72 Å². The molecule has 0 spiro atoms. The molecule has 0 aliphatic rings. The molecule has 0 atom stereocenters. The molecule has 104 valence electrons. The Morgan fingerprint density at radius 3 is 2.20 bits per heavy atom. The first-order valence-electron chi connectivity index (χ1n) is 6.13. The third-order valence-electron chi connectivity index (χ3n) is 2.79. The van der Waals surface area contributed by atoms with Crippen LogP contribution in [0, 0.1) is 6.92 Å². The summed E-state index contributed by atoms with van der Waals surface area (Å²) in [7, 11) is -3.80. The van der Waals surface area contributed by atoms with Gasteiger partial charge in [-0.05, 0) is 24.6 Å². The molecule has 0 aliphatic heterocycles. The minimum absolute atomic E-state index is 0.0337. The number of hydrogen-bond acceptors (Lipinski definition) is 3. The highest BCUT2D eigenvalue weighted by Gasteiger charge is 2.17. The van der Waals surface area contributed by atoms with E-state index >= 15 is 0 Å². The van der Waals surface area contributed by atoms with Gasteiger partial charge in [-0.2, -0.15) is 0 Å². The minimum atomic E-state index is -3.80. The van der Waals surface area contributed by atoms with Crippen molar-refractivity contribution in [1.29, 1.82) is 0 Å². The van der Waals surface area contributed by atoms with Gasteiger partial charge >= 0.3 is 0 Å². The molecule has 0 aromatic heterocycles. The van der Waals surface area contributed by atoms with Crippen LogP contribution < -0.4 is 4.72 Å². The Balaban J connectivity index is 2.08. The molecule has 2 rings (SSSR count). The molecule has 0 fully saturated rings. The molecule has 0 unspecified atom stereocenters. The molecule has 2 aromatic rings. The molecule has 0 saturated carbocycles. The van der Waals surface area contributed by atoms with E-state index in [1.165, 1.54) is 12.1 Å². The molecule has 0 bridgehead atoms. The molecule has 0 aliphatic carbocycles. The van der Waals surface area contributed by atoms with Crippen molar-refractivity contribution in [2.45, 2.75) is 18.2 Å². The highest BCUT2D eigenvalue weighted by atomic mass is 32.2. The minimum Gasteiger partial charge on any atom is -0.274 e. The van der Waals surface area contributed by atoms with Crippen molar-refractivity contribution < 1.29 is 13.2 Å². The lowest BCUT2D eigenvalue weighted by atomic mass is 10.1. The van der Waals surface area contributed by atoms with Gasteiger partial charge in [-0.3, -0.25) is 4.79 Å². The maximum Gasteiger partial charge on any atom is 0.264 e. The van der Waals surface area contributed by atoms with Crippen LogP contribution in [0.25, 0.3) is 0 Å². The summed E-state index contributed by atoms with van der Waals surface area (Å²) in [6.45, 7) is 1.87. The molecule has 0 heterocycles. The zero-order valence-corrected chi connectivity index (χ0v) is 11.9. The summed E-state index contributed by atoms with van der Waals surface area (Å²) in [5, 5.41) is 0. The van der Waals surface area contributed by atoms with Crippen LogP contribution in [0.2, 0.25) is 0 Å². The van der Waals surface area contributed by atoms with E-state index in [1.54, 1.807) is 36.4 Å². The topological polar surface area (TPSA) is 63.2 Å². The van der Waals surface area contributed by atoms with Crippen LogP contribution in [0.1, 0.15) is 11.1 Å². The Hall–Kier alpha value is -2.14. The van der Waals surface area contributed by atoms with Crippen LogP contribution >= 0.6 is 0 Å². The number of benzene rings is 2. The van der Waals surface area contributed by atoms with Crippen LogP contribution in [0.4, 0.5) is 0 Å². The maximum atomic E-state index is 12.0. The van der Waals surface area contributed by atoms with Gasteiger partial charge in [-0.15, -0.1) is 0 Å². The molecular weight excluding hydrogens is 274 g/mol. The first-order valence-corrected chi connectivity index (χ1v) is 7.62. The lowest BCUT2D eigenvalue weighted by Gasteiger charge is -2.07. The zero-order valence-electron chi connectivity index (χ0n) is 11.0. The summed E-state index contributed by atoms with van der Waals surface area (Å²) < 4.78 is 26.1. The lowest BCUT2D eigenvalue weighted by molar-refractivity contribution is -0.118. The van der Waals surface area contributed by atoms with Crippen molar-refractivity contribution in [3.05, 3.63) is 65.7 Å². The van der Waals surface area contributed by atoms with Gasteiger partial charge in [0.15, 0.2) is 0 Å². The number of carbonyl (C=O) groups is 1. The van der Waals surface area contributed by atoms with E-state index in [9.17, 15) is 13.2 Å². The summed E-state index contributed by atoms with van der Waals surface area (Å²) >= 11 is 0. The third-order valence-corrected chi connectivity index (χ3v) is 4.18. The highest BCUT2D eigenvalue weighted by molar-refractivity contribution is 7.90. The summed E-state index contributed by atoms with van der Waals surface area (Å²) in [6, 6.07) is 15.3. The van der Waals surface area contributed by atoms with E-state index in [-0.39, 0.29) is 11.3 Å². The van der Waals surface area contributed by atoms with Gasteiger partial charge in [-0.1, -0.05) is 48.0 Å². The smallest absolute Gasteiger partial charge is 0.264 e. The predicted octanol–water partition coefficient (Wildman–Crippen LogP) is 2.04. The molecule has 0 radical (unpaired) electrons. The zero-order chi connectivity index (χ0) is 14.6. The Morgan fingerprint density at radius 2 is 1.60 bits per heavy atom. The summed E-state index contributed by atoms with van der Waals surface area (Å²) in [5.74, 6) is -0.545. The molecular formula is C15H15NO3S. The fourth-order valence-corrected chi connectivity index (χ4v) is 2.73. The van der Waals surface area contributed by atoms with Crippen LogP contribution in [0.15, 0.2) is 59.5 Å². The Morgan fingerprint density at radius 1 is 1.00 bits per heavy atom. The van der Waals surface area contributed by atoms with E-state index in [1.807, 2.05) is 13.0 Å². The molecule has 1 N–H and O–H groups in total. The first-order chi connectivity index (χ1) is 9.47. The quantitative estimate of drug-likeness (QED) is 0.937. The molecule has 4 nitrogen and oxygen atoms in total. The van der Waals surface area contributed by atoms with E-state index < -0.39 is 15.9 Å². The second kappa shape index (κ2) is 5.88. The van der Waals surface area contributed by atoms with Crippen LogP contribution in [0.3, 0.4) is 0 Å². The molecule has 20 heavy (non-hydrogen) atoms. The van der Waals surface area contributed by atoms with Crippen molar-refractivity contribution in [2.24, 2.45) is 0 Å². The van der Waals surface area contributed by atoms with Gasteiger partial charge in [0, 0.05) is 0 Å². The number of hydrogen-bond donors (Lipinski definition) is 1. The second-order valence-electron chi connectivity index (χ2n) is 4.50. The van der Waals surface area contributed by atoms with Gasteiger partial charge in [0.05, 0.1) is 11.3 Å². The van der Waals surface area contributed by atoms with E-state index in [2.05, 4.69) is 4.72 Å². The average Bonchev–Trinajstić information content (AvgIpc) is 2.39. The first kappa shape index (κ1) is 14.3. The third kappa shape index (κ3) is 3.68. The number of amides is 1. The highest BCUT2D eigenvalue weighted by Crippen LogP contribution is 2.10. The summed E-state index contributed by atoms with van der Waals surface area (Å²) in [6.07, 6.45) is 0.0337. The fraction of sp³-hybridized carbons (Fsp3) is 0.133. The largest absolute Gasteiger partial charge is 0.274 e. The van der Waals surface area contributed by atoms with E-state index in [4.69, 9.17) is 0 Å². The molecule has 5 heteroatoms. The van der Waals surface area contributed by atoms with Gasteiger partial charge in [-0.25, -0.2) is 13.1 Å². The standard InChI is InChI=1S/C15H15NO3S/c1-12-7-9-14(10-8-12)20(18,19)16-15(17)11-13-5-3-2-4-6-13/h2-10H,11H2,1H3,(H,16,17). The Kier molecular flexibility index (Phi) is 4.20. The van der Waals surface area contributed by atoms with Gasteiger partial charge in [0.2, 0.25) is 5.91 Å². The van der Waals surface area contributed by atoms with Crippen molar-refractivity contribution >= 4 is 15.9 Å². The van der Waals surface area contributed by atoms with Gasteiger partial charge < -0.3 is 0 Å². The van der Waals surface area contributed by atoms with Crippen molar-refractivity contribution in [3.8, 4) is 0 Å². The second-order valence-corrected chi connectivity index (χ2v) is 6.19. The normalized spacial score (nSPS) is 11.1. The van der Waals surface area contributed by atoms with Gasteiger partial charge in [0.1, 0.15) is 0 Å².